The molecule has 0 spiro atoms. The molecule has 11 heteroatoms. The van der Waals surface area contributed by atoms with Crippen LogP contribution in [0.3, 0.4) is 0 Å². The number of carbonyl (C=O) groups excluding carboxylic acids is 1. The van der Waals surface area contributed by atoms with Gasteiger partial charge in [-0.15, -0.1) is 0 Å². The smallest absolute Gasteiger partial charge is 0.288 e. The Morgan fingerprint density at radius 1 is 1.23 bits per heavy atom. The third-order valence-corrected chi connectivity index (χ3v) is 8.69. The van der Waals surface area contributed by atoms with Gasteiger partial charge >= 0.3 is 0 Å². The maximum Gasteiger partial charge on any atom is 0.288 e. The van der Waals surface area contributed by atoms with Crippen LogP contribution in [0.5, 0.6) is 0 Å². The average molecular weight is 522 g/mol. The van der Waals surface area contributed by atoms with Gasteiger partial charge in [0.2, 0.25) is 15.9 Å². The molecule has 1 amide bonds. The molecule has 3 N–H and O–H groups in total. The zero-order valence-corrected chi connectivity index (χ0v) is 21.9. The van der Waals surface area contributed by atoms with E-state index in [1.54, 1.807) is 24.3 Å². The second-order valence-electron chi connectivity index (χ2n) is 10.4. The van der Waals surface area contributed by atoms with Gasteiger partial charge in [-0.1, -0.05) is 44.5 Å². The number of carbonyl (C=O) groups is 1. The fourth-order valence-corrected chi connectivity index (χ4v) is 6.28. The predicted octanol–water partition coefficient (Wildman–Crippen LogP) is 3.07. The van der Waals surface area contributed by atoms with E-state index >= 15 is 0 Å². The predicted molar refractivity (Wildman–Crippen MR) is 137 cm³/mol. The number of aromatic nitrogens is 2. The number of nitrogens with zero attached hydrogens (tertiary/aromatic N) is 2. The number of hydrogen-bond donors (Lipinski definition) is 3. The summed E-state index contributed by atoms with van der Waals surface area (Å²) in [7, 11) is -3.35. The molecule has 0 radical (unpaired) electrons. The second kappa shape index (κ2) is 9.46. The Labute approximate surface area is 210 Å². The Kier molecular flexibility index (Phi) is 6.89. The third-order valence-electron chi connectivity index (χ3n) is 7.72. The van der Waals surface area contributed by atoms with Crippen molar-refractivity contribution in [2.24, 2.45) is 23.2 Å². The zero-order chi connectivity index (χ0) is 25.5. The molecule has 5 rings (SSSR count). The Morgan fingerprint density at radius 3 is 2.51 bits per heavy atom. The van der Waals surface area contributed by atoms with Crippen molar-refractivity contribution in [2.75, 3.05) is 16.3 Å². The molecule has 4 atom stereocenters. The molecule has 2 bridgehead atoms. The Morgan fingerprint density at radius 2 is 1.91 bits per heavy atom. The molecule has 3 aliphatic carbocycles. The standard InChI is InChI=1S/C24H32ClN5O4S/c1-14-18-9-16(24(18,2)3)10-19(14)28-20-12-27-30(23(32)22(20)25)13-21(31)26-11-15-5-7-17(8-6-15)29-35(4,33)34/h5-8,12,14,16,18-19,28-29H,9-11,13H2,1-4H3,(H,26,31)/t14-,16-,18+,19-/m1/s1. The maximum atomic E-state index is 12.7. The van der Waals surface area contributed by atoms with Crippen LogP contribution in [0.1, 0.15) is 39.2 Å². The summed E-state index contributed by atoms with van der Waals surface area (Å²) in [5.41, 5.74) is 1.57. The van der Waals surface area contributed by atoms with Gasteiger partial charge in [0, 0.05) is 18.3 Å². The highest BCUT2D eigenvalue weighted by Gasteiger charge is 2.56. The minimum atomic E-state index is -3.35. The lowest BCUT2D eigenvalue weighted by Crippen LogP contribution is -2.58. The van der Waals surface area contributed by atoms with E-state index in [2.05, 4.69) is 41.2 Å². The van der Waals surface area contributed by atoms with E-state index in [1.165, 1.54) is 12.6 Å². The van der Waals surface area contributed by atoms with E-state index in [0.717, 1.165) is 22.9 Å². The number of rotatable bonds is 8. The number of benzene rings is 1. The van der Waals surface area contributed by atoms with Crippen LogP contribution >= 0.6 is 11.6 Å². The zero-order valence-electron chi connectivity index (χ0n) is 20.3. The lowest BCUT2D eigenvalue weighted by atomic mass is 9.45. The number of fused-ring (bicyclic) bond motifs is 2. The Balaban J connectivity index is 1.33. The van der Waals surface area contributed by atoms with E-state index in [4.69, 9.17) is 11.6 Å². The highest BCUT2D eigenvalue weighted by atomic mass is 35.5. The van der Waals surface area contributed by atoms with E-state index < -0.39 is 21.5 Å². The van der Waals surface area contributed by atoms with E-state index in [0.29, 0.717) is 34.5 Å². The minimum Gasteiger partial charge on any atom is -0.379 e. The van der Waals surface area contributed by atoms with Crippen LogP contribution in [-0.4, -0.2) is 36.4 Å². The number of nitrogens with one attached hydrogen (secondary N) is 3. The fraction of sp³-hybridized carbons (Fsp3) is 0.542. The number of sulfonamides is 1. The number of halogens is 1. The molecule has 3 fully saturated rings. The molecule has 35 heavy (non-hydrogen) atoms. The quantitative estimate of drug-likeness (QED) is 0.490. The maximum absolute atomic E-state index is 12.7. The molecule has 9 nitrogen and oxygen atoms in total. The summed E-state index contributed by atoms with van der Waals surface area (Å²) in [4.78, 5) is 25.1. The summed E-state index contributed by atoms with van der Waals surface area (Å²) in [6.45, 7) is 6.89. The van der Waals surface area contributed by atoms with Gasteiger partial charge in [-0.05, 0) is 53.7 Å². The summed E-state index contributed by atoms with van der Waals surface area (Å²) in [6.07, 6.45) is 4.89. The van der Waals surface area contributed by atoms with Gasteiger partial charge in [-0.3, -0.25) is 14.3 Å². The van der Waals surface area contributed by atoms with E-state index in [1.807, 2.05) is 0 Å². The highest BCUT2D eigenvalue weighted by Crippen LogP contribution is 2.61. The van der Waals surface area contributed by atoms with Gasteiger partial charge < -0.3 is 10.6 Å². The molecule has 3 aliphatic rings. The number of anilines is 2. The minimum absolute atomic E-state index is 0.0347. The fourth-order valence-electron chi connectivity index (χ4n) is 5.52. The Bertz CT molecular complexity index is 1280. The van der Waals surface area contributed by atoms with Gasteiger partial charge in [-0.25, -0.2) is 13.1 Å². The van der Waals surface area contributed by atoms with Gasteiger partial charge in [0.1, 0.15) is 11.6 Å². The van der Waals surface area contributed by atoms with Gasteiger partial charge in [0.15, 0.2) is 0 Å². The van der Waals surface area contributed by atoms with Crippen LogP contribution in [0.4, 0.5) is 11.4 Å². The molecule has 1 aromatic heterocycles. The van der Waals surface area contributed by atoms with Gasteiger partial charge in [0.05, 0.1) is 18.1 Å². The van der Waals surface area contributed by atoms with Crippen molar-refractivity contribution in [2.45, 2.75) is 52.7 Å². The van der Waals surface area contributed by atoms with Crippen LogP contribution in [-0.2, 0) is 27.9 Å². The lowest BCUT2D eigenvalue weighted by Gasteiger charge is -2.62. The van der Waals surface area contributed by atoms with Crippen molar-refractivity contribution < 1.29 is 13.2 Å². The van der Waals surface area contributed by atoms with Crippen LogP contribution in [0.25, 0.3) is 0 Å². The summed E-state index contributed by atoms with van der Waals surface area (Å²) in [6, 6.07) is 6.86. The Hall–Kier alpha value is -2.59. The normalized spacial score (nSPS) is 24.8. The van der Waals surface area contributed by atoms with Crippen molar-refractivity contribution in [3.05, 3.63) is 51.4 Å². The van der Waals surface area contributed by atoms with Crippen LogP contribution in [0, 0.1) is 23.2 Å². The molecule has 3 saturated carbocycles. The monoisotopic (exact) mass is 521 g/mol. The first-order valence-corrected chi connectivity index (χ1v) is 14.0. The molecule has 2 aromatic rings. The molecule has 1 aromatic carbocycles. The molecule has 0 aliphatic heterocycles. The molecule has 190 valence electrons. The van der Waals surface area contributed by atoms with Crippen molar-refractivity contribution in [3.8, 4) is 0 Å². The highest BCUT2D eigenvalue weighted by molar-refractivity contribution is 7.92. The summed E-state index contributed by atoms with van der Waals surface area (Å²) in [5.74, 6) is 1.40. The van der Waals surface area contributed by atoms with Crippen LogP contribution in [0.15, 0.2) is 35.3 Å². The largest absolute Gasteiger partial charge is 0.379 e. The van der Waals surface area contributed by atoms with Gasteiger partial charge in [0.25, 0.3) is 5.56 Å². The lowest BCUT2D eigenvalue weighted by molar-refractivity contribution is -0.122. The average Bonchev–Trinajstić information content (AvgIpc) is 2.78. The first-order valence-electron chi connectivity index (χ1n) is 11.7. The number of amides is 1. The molecular weight excluding hydrogens is 490 g/mol. The molecular formula is C24H32ClN5O4S. The van der Waals surface area contributed by atoms with Crippen molar-refractivity contribution in [1.82, 2.24) is 15.1 Å². The summed E-state index contributed by atoms with van der Waals surface area (Å²) in [5, 5.41) is 10.4. The molecule has 0 unspecified atom stereocenters. The van der Waals surface area contributed by atoms with Crippen molar-refractivity contribution >= 4 is 38.9 Å². The second-order valence-corrected chi connectivity index (χ2v) is 12.5. The van der Waals surface area contributed by atoms with Crippen molar-refractivity contribution in [3.63, 3.8) is 0 Å². The van der Waals surface area contributed by atoms with E-state index in [-0.39, 0.29) is 24.2 Å². The topological polar surface area (TPSA) is 122 Å². The number of hydrogen-bond acceptors (Lipinski definition) is 6. The first-order chi connectivity index (χ1) is 16.3. The van der Waals surface area contributed by atoms with Crippen molar-refractivity contribution in [1.29, 1.82) is 0 Å². The summed E-state index contributed by atoms with van der Waals surface area (Å²) < 4.78 is 26.0. The molecule has 0 saturated heterocycles. The first kappa shape index (κ1) is 25.5. The molecule has 1 heterocycles. The third kappa shape index (κ3) is 5.48. The SMILES string of the molecule is C[C@H]1[C@H](Nc2cnn(CC(=O)NCc3ccc(NS(C)(=O)=O)cc3)c(=O)c2Cl)C[C@H]2C[C@@H]1C2(C)C. The summed E-state index contributed by atoms with van der Waals surface area (Å²) >= 11 is 6.37. The van der Waals surface area contributed by atoms with Crippen LogP contribution < -0.4 is 20.9 Å². The van der Waals surface area contributed by atoms with Crippen LogP contribution in [0.2, 0.25) is 5.02 Å². The van der Waals surface area contributed by atoms with E-state index in [9.17, 15) is 18.0 Å². The van der Waals surface area contributed by atoms with Gasteiger partial charge in [-0.2, -0.15) is 5.10 Å².